The zero-order valence-electron chi connectivity index (χ0n) is 8.22. The molecule has 1 nitrogen and oxygen atoms in total. The average Bonchev–Trinajstić information content (AvgIpc) is 2.45. The van der Waals surface area contributed by atoms with E-state index in [1.807, 2.05) is 0 Å². The third-order valence-corrected chi connectivity index (χ3v) is 4.59. The lowest BCUT2D eigenvalue weighted by Gasteiger charge is -2.09. The van der Waals surface area contributed by atoms with Crippen molar-refractivity contribution in [2.75, 3.05) is 0 Å². The Morgan fingerprint density at radius 3 is 2.64 bits per heavy atom. The molecule has 80 valence electrons. The lowest BCUT2D eigenvalue weighted by molar-refractivity contribution is 0.581. The molecule has 0 saturated heterocycles. The molecule has 0 saturated carbocycles. The molecule has 1 rings (SSSR count). The van der Waals surface area contributed by atoms with Gasteiger partial charge in [-0.05, 0) is 49.9 Å². The van der Waals surface area contributed by atoms with Gasteiger partial charge in [-0.15, -0.1) is 11.3 Å². The Morgan fingerprint density at radius 2 is 2.14 bits per heavy atom. The Bertz CT molecular complexity index is 286. The van der Waals surface area contributed by atoms with Crippen molar-refractivity contribution in [1.82, 2.24) is 0 Å². The largest absolute Gasteiger partial charge is 0.324 e. The number of rotatable bonds is 5. The minimum absolute atomic E-state index is 0.179. The first-order valence-corrected chi connectivity index (χ1v) is 7.25. The van der Waals surface area contributed by atoms with E-state index in [2.05, 4.69) is 44.8 Å². The SMILES string of the molecule is CCCCCC(N)c1cc(Br)sc1Br. The first-order valence-electron chi connectivity index (χ1n) is 4.85. The summed E-state index contributed by atoms with van der Waals surface area (Å²) in [4.78, 5) is 0. The maximum atomic E-state index is 6.11. The normalized spacial score (nSPS) is 13.1. The van der Waals surface area contributed by atoms with Gasteiger partial charge in [-0.2, -0.15) is 0 Å². The zero-order valence-corrected chi connectivity index (χ0v) is 12.2. The van der Waals surface area contributed by atoms with Gasteiger partial charge in [-0.25, -0.2) is 0 Å². The Morgan fingerprint density at radius 1 is 1.43 bits per heavy atom. The molecule has 0 radical (unpaired) electrons. The van der Waals surface area contributed by atoms with Crippen molar-refractivity contribution in [2.24, 2.45) is 5.73 Å². The second-order valence-corrected chi connectivity index (χ2v) is 7.13. The summed E-state index contributed by atoms with van der Waals surface area (Å²) >= 11 is 8.69. The quantitative estimate of drug-likeness (QED) is 0.761. The fraction of sp³-hybridized carbons (Fsp3) is 0.600. The maximum Gasteiger partial charge on any atom is 0.0758 e. The van der Waals surface area contributed by atoms with Crippen molar-refractivity contribution in [1.29, 1.82) is 0 Å². The number of halogens is 2. The molecule has 0 aliphatic carbocycles. The van der Waals surface area contributed by atoms with Crippen LogP contribution >= 0.6 is 43.2 Å². The molecule has 0 aliphatic rings. The molecule has 0 fully saturated rings. The van der Waals surface area contributed by atoms with Crippen LogP contribution in [0.4, 0.5) is 0 Å². The smallest absolute Gasteiger partial charge is 0.0758 e. The third-order valence-electron chi connectivity index (χ3n) is 2.20. The molecule has 0 spiro atoms. The summed E-state index contributed by atoms with van der Waals surface area (Å²) in [5, 5.41) is 0. The van der Waals surface area contributed by atoms with Crippen LogP contribution in [-0.4, -0.2) is 0 Å². The number of hydrogen-bond donors (Lipinski definition) is 1. The van der Waals surface area contributed by atoms with Crippen molar-refractivity contribution in [3.63, 3.8) is 0 Å². The van der Waals surface area contributed by atoms with Crippen molar-refractivity contribution in [3.05, 3.63) is 19.2 Å². The van der Waals surface area contributed by atoms with Gasteiger partial charge in [0.1, 0.15) is 0 Å². The Kier molecular flexibility index (Phi) is 5.67. The average molecular weight is 341 g/mol. The van der Waals surface area contributed by atoms with Crippen LogP contribution in [0.25, 0.3) is 0 Å². The summed E-state index contributed by atoms with van der Waals surface area (Å²) in [6.45, 7) is 2.21. The molecule has 4 heteroatoms. The second-order valence-electron chi connectivity index (χ2n) is 3.38. The van der Waals surface area contributed by atoms with E-state index in [1.54, 1.807) is 11.3 Å². The first kappa shape index (κ1) is 12.7. The standard InChI is InChI=1S/C10H15Br2NS/c1-2-3-4-5-8(13)7-6-9(11)14-10(7)12/h6,8H,2-5,13H2,1H3. The van der Waals surface area contributed by atoms with Gasteiger partial charge < -0.3 is 5.73 Å². The summed E-state index contributed by atoms with van der Waals surface area (Å²) in [5.74, 6) is 0. The molecule has 1 atom stereocenters. The lowest BCUT2D eigenvalue weighted by Crippen LogP contribution is -2.09. The van der Waals surface area contributed by atoms with E-state index >= 15 is 0 Å². The van der Waals surface area contributed by atoms with Gasteiger partial charge in [0.05, 0.1) is 7.57 Å². The lowest BCUT2D eigenvalue weighted by atomic mass is 10.0. The van der Waals surface area contributed by atoms with E-state index in [1.165, 1.54) is 24.8 Å². The number of thiophene rings is 1. The number of hydrogen-bond acceptors (Lipinski definition) is 2. The molecular weight excluding hydrogens is 326 g/mol. The van der Waals surface area contributed by atoms with Gasteiger partial charge in [0.15, 0.2) is 0 Å². The van der Waals surface area contributed by atoms with Crippen molar-refractivity contribution in [2.45, 2.75) is 38.6 Å². The van der Waals surface area contributed by atoms with E-state index in [4.69, 9.17) is 5.73 Å². The Labute approximate surface area is 106 Å². The van der Waals surface area contributed by atoms with Crippen LogP contribution in [0.5, 0.6) is 0 Å². The monoisotopic (exact) mass is 339 g/mol. The molecule has 1 heterocycles. The Balaban J connectivity index is 2.51. The third kappa shape index (κ3) is 3.65. The predicted molar refractivity (Wildman–Crippen MR) is 70.8 cm³/mol. The highest BCUT2D eigenvalue weighted by atomic mass is 79.9. The predicted octanol–water partition coefficient (Wildman–Crippen LogP) is 4.85. The van der Waals surface area contributed by atoms with Gasteiger partial charge in [0.25, 0.3) is 0 Å². The summed E-state index contributed by atoms with van der Waals surface area (Å²) in [7, 11) is 0. The van der Waals surface area contributed by atoms with Gasteiger partial charge in [0, 0.05) is 6.04 Å². The molecule has 1 aromatic heterocycles. The van der Waals surface area contributed by atoms with Crippen LogP contribution in [0, 0.1) is 0 Å². The van der Waals surface area contributed by atoms with Gasteiger partial charge in [0.2, 0.25) is 0 Å². The fourth-order valence-corrected chi connectivity index (χ4v) is 4.38. The molecular formula is C10H15Br2NS. The van der Waals surface area contributed by atoms with Gasteiger partial charge >= 0.3 is 0 Å². The van der Waals surface area contributed by atoms with E-state index in [9.17, 15) is 0 Å². The van der Waals surface area contributed by atoms with Gasteiger partial charge in [-0.3, -0.25) is 0 Å². The van der Waals surface area contributed by atoms with E-state index in [0.717, 1.165) is 14.0 Å². The molecule has 0 aliphatic heterocycles. The topological polar surface area (TPSA) is 26.0 Å². The van der Waals surface area contributed by atoms with Crippen molar-refractivity contribution < 1.29 is 0 Å². The van der Waals surface area contributed by atoms with Crippen LogP contribution in [0.2, 0.25) is 0 Å². The van der Waals surface area contributed by atoms with Crippen LogP contribution in [0.15, 0.2) is 13.6 Å². The zero-order chi connectivity index (χ0) is 10.6. The van der Waals surface area contributed by atoms with Crippen LogP contribution in [-0.2, 0) is 0 Å². The fourth-order valence-electron chi connectivity index (χ4n) is 1.38. The van der Waals surface area contributed by atoms with Gasteiger partial charge in [-0.1, -0.05) is 26.2 Å². The summed E-state index contributed by atoms with van der Waals surface area (Å²) in [6, 6.07) is 2.30. The van der Waals surface area contributed by atoms with E-state index in [0.29, 0.717) is 0 Å². The molecule has 2 N–H and O–H groups in total. The highest BCUT2D eigenvalue weighted by Crippen LogP contribution is 2.36. The number of unbranched alkanes of at least 4 members (excludes halogenated alkanes) is 2. The second kappa shape index (κ2) is 6.26. The highest BCUT2D eigenvalue weighted by Gasteiger charge is 2.12. The molecule has 14 heavy (non-hydrogen) atoms. The van der Waals surface area contributed by atoms with E-state index in [-0.39, 0.29) is 6.04 Å². The molecule has 0 aromatic carbocycles. The van der Waals surface area contributed by atoms with Crippen LogP contribution in [0.3, 0.4) is 0 Å². The van der Waals surface area contributed by atoms with Crippen LogP contribution < -0.4 is 5.73 Å². The molecule has 1 aromatic rings. The minimum atomic E-state index is 0.179. The summed E-state index contributed by atoms with van der Waals surface area (Å²) in [5.41, 5.74) is 7.34. The first-order chi connectivity index (χ1) is 6.65. The highest BCUT2D eigenvalue weighted by molar-refractivity contribution is 9.12. The summed E-state index contributed by atoms with van der Waals surface area (Å²) < 4.78 is 2.30. The molecule has 1 unspecified atom stereocenters. The minimum Gasteiger partial charge on any atom is -0.324 e. The Hall–Kier alpha value is 0.620. The molecule has 0 bridgehead atoms. The number of nitrogens with two attached hydrogens (primary N) is 1. The summed E-state index contributed by atoms with van der Waals surface area (Å²) in [6.07, 6.45) is 4.82. The maximum absolute atomic E-state index is 6.11. The van der Waals surface area contributed by atoms with E-state index < -0.39 is 0 Å². The van der Waals surface area contributed by atoms with Crippen LogP contribution in [0.1, 0.15) is 44.2 Å². The van der Waals surface area contributed by atoms with Crippen molar-refractivity contribution >= 4 is 43.2 Å². The van der Waals surface area contributed by atoms with Crippen molar-refractivity contribution in [3.8, 4) is 0 Å². The molecule has 0 amide bonds.